The average Bonchev–Trinajstić information content (AvgIpc) is 3.30. The van der Waals surface area contributed by atoms with Crippen molar-refractivity contribution in [1.29, 1.82) is 0 Å². The van der Waals surface area contributed by atoms with Crippen molar-refractivity contribution in [3.8, 4) is 0 Å². The van der Waals surface area contributed by atoms with E-state index in [-0.39, 0.29) is 31.1 Å². The third kappa shape index (κ3) is 52.2. The van der Waals surface area contributed by atoms with Crippen molar-refractivity contribution in [3.05, 3.63) is 48.6 Å². The van der Waals surface area contributed by atoms with Crippen LogP contribution in [0.2, 0.25) is 0 Å². The second-order valence-corrected chi connectivity index (χ2v) is 18.8. The van der Waals surface area contributed by atoms with E-state index in [1.807, 2.05) is 0 Å². The molecule has 1 unspecified atom stereocenters. The number of ether oxygens (including phenoxy) is 3. The molecule has 0 radical (unpaired) electrons. The SMILES string of the molecule is CC/C=C\C/C=C\C/C=C\CCCCCC(=O)OCC(COC(=O)CCCCCCCCC/C=C\CCCCCCCCC)OC(=O)CCCCCCCCCCCCCCCCCC. The van der Waals surface area contributed by atoms with Crippen LogP contribution in [-0.2, 0) is 28.6 Å². The topological polar surface area (TPSA) is 78.9 Å². The molecule has 0 aliphatic heterocycles. The average molecular weight is 911 g/mol. The lowest BCUT2D eigenvalue weighted by atomic mass is 10.0. The van der Waals surface area contributed by atoms with Crippen molar-refractivity contribution in [2.45, 2.75) is 297 Å². The zero-order chi connectivity index (χ0) is 47.2. The normalized spacial score (nSPS) is 12.4. The highest BCUT2D eigenvalue weighted by molar-refractivity contribution is 5.71. The van der Waals surface area contributed by atoms with Crippen LogP contribution in [0.5, 0.6) is 0 Å². The van der Waals surface area contributed by atoms with Crippen LogP contribution in [0.15, 0.2) is 48.6 Å². The predicted molar refractivity (Wildman–Crippen MR) is 279 cm³/mol. The molecule has 0 aromatic heterocycles. The molecule has 6 heteroatoms. The van der Waals surface area contributed by atoms with Crippen molar-refractivity contribution in [2.75, 3.05) is 13.2 Å². The smallest absolute Gasteiger partial charge is 0.306 e. The summed E-state index contributed by atoms with van der Waals surface area (Å²) in [5, 5.41) is 0. The largest absolute Gasteiger partial charge is 0.462 e. The van der Waals surface area contributed by atoms with Crippen molar-refractivity contribution in [2.24, 2.45) is 0 Å². The first-order valence-corrected chi connectivity index (χ1v) is 28.1. The fourth-order valence-corrected chi connectivity index (χ4v) is 8.10. The highest BCUT2D eigenvalue weighted by Gasteiger charge is 2.19. The molecule has 6 nitrogen and oxygen atoms in total. The minimum atomic E-state index is -0.784. The minimum absolute atomic E-state index is 0.0821. The molecule has 0 heterocycles. The van der Waals surface area contributed by atoms with Gasteiger partial charge >= 0.3 is 17.9 Å². The Bertz CT molecular complexity index is 1140. The van der Waals surface area contributed by atoms with Crippen molar-refractivity contribution in [1.82, 2.24) is 0 Å². The van der Waals surface area contributed by atoms with Crippen LogP contribution in [0, 0.1) is 0 Å². The predicted octanol–water partition coefficient (Wildman–Crippen LogP) is 18.7. The maximum absolute atomic E-state index is 12.8. The Hall–Kier alpha value is -2.63. The number of carbonyl (C=O) groups excluding carboxylic acids is 3. The summed E-state index contributed by atoms with van der Waals surface area (Å²) in [7, 11) is 0. The Morgan fingerprint density at radius 3 is 0.969 bits per heavy atom. The molecule has 0 spiro atoms. The highest BCUT2D eigenvalue weighted by Crippen LogP contribution is 2.16. The van der Waals surface area contributed by atoms with Gasteiger partial charge in [-0.2, -0.15) is 0 Å². The number of esters is 3. The van der Waals surface area contributed by atoms with Gasteiger partial charge in [-0.25, -0.2) is 0 Å². The fourth-order valence-electron chi connectivity index (χ4n) is 8.10. The Balaban J connectivity index is 4.36. The van der Waals surface area contributed by atoms with Crippen molar-refractivity contribution < 1.29 is 28.6 Å². The van der Waals surface area contributed by atoms with Gasteiger partial charge in [-0.05, 0) is 77.0 Å². The molecule has 0 aliphatic rings. The Morgan fingerprint density at radius 1 is 0.323 bits per heavy atom. The molecule has 0 aliphatic carbocycles. The summed E-state index contributed by atoms with van der Waals surface area (Å²) in [5.74, 6) is -0.903. The van der Waals surface area contributed by atoms with Crippen LogP contribution in [-0.4, -0.2) is 37.2 Å². The number of unbranched alkanes of at least 4 members (excludes halogenated alkanes) is 32. The number of rotatable bonds is 51. The lowest BCUT2D eigenvalue weighted by Gasteiger charge is -2.18. The van der Waals surface area contributed by atoms with Crippen molar-refractivity contribution in [3.63, 3.8) is 0 Å². The third-order valence-corrected chi connectivity index (χ3v) is 12.3. The van der Waals surface area contributed by atoms with Gasteiger partial charge in [0.25, 0.3) is 0 Å². The fraction of sp³-hybridized carbons (Fsp3) is 0.814. The van der Waals surface area contributed by atoms with Crippen molar-refractivity contribution >= 4 is 17.9 Å². The lowest BCUT2D eigenvalue weighted by molar-refractivity contribution is -0.167. The van der Waals surface area contributed by atoms with E-state index >= 15 is 0 Å². The number of hydrogen-bond donors (Lipinski definition) is 0. The molecule has 0 rings (SSSR count). The van der Waals surface area contributed by atoms with E-state index in [4.69, 9.17) is 14.2 Å². The van der Waals surface area contributed by atoms with E-state index in [1.54, 1.807) is 0 Å². The molecule has 0 aromatic carbocycles. The van der Waals surface area contributed by atoms with Gasteiger partial charge in [0.15, 0.2) is 6.10 Å². The maximum Gasteiger partial charge on any atom is 0.306 e. The van der Waals surface area contributed by atoms with Crippen LogP contribution in [0.1, 0.15) is 290 Å². The Morgan fingerprint density at radius 2 is 0.600 bits per heavy atom. The second-order valence-electron chi connectivity index (χ2n) is 18.8. The summed E-state index contributed by atoms with van der Waals surface area (Å²) >= 11 is 0. The van der Waals surface area contributed by atoms with Crippen LogP contribution in [0.3, 0.4) is 0 Å². The van der Waals surface area contributed by atoms with E-state index in [2.05, 4.69) is 69.4 Å². The first-order valence-electron chi connectivity index (χ1n) is 28.1. The summed E-state index contributed by atoms with van der Waals surface area (Å²) < 4.78 is 16.8. The standard InChI is InChI=1S/C59H106O6/c1-4-7-10-13-16-19-22-25-27-29-30-32-34-37-40-43-46-49-52-58(61)64-55-56(54-63-57(60)51-48-45-42-39-36-33-24-21-18-15-12-9-6-3)65-59(62)53-50-47-44-41-38-35-31-28-26-23-20-17-14-11-8-5-2/h9,12,18,21,27,29,33,36,56H,4-8,10-11,13-17,19-20,22-26,28,30-32,34-35,37-55H2,1-3H3/b12-9-,21-18-,29-27-,36-33-. The van der Waals surface area contributed by atoms with E-state index in [0.717, 1.165) is 83.5 Å². The quantitative estimate of drug-likeness (QED) is 0.0262. The monoisotopic (exact) mass is 911 g/mol. The molecule has 0 amide bonds. The van der Waals surface area contributed by atoms with Gasteiger partial charge in [-0.1, -0.05) is 243 Å². The summed E-state index contributed by atoms with van der Waals surface area (Å²) in [6, 6.07) is 0. The Kier molecular flexibility index (Phi) is 51.8. The molecule has 0 fully saturated rings. The van der Waals surface area contributed by atoms with Gasteiger partial charge in [0.1, 0.15) is 13.2 Å². The molecule has 0 bridgehead atoms. The second kappa shape index (κ2) is 54.0. The zero-order valence-electron chi connectivity index (χ0n) is 43.3. The van der Waals surface area contributed by atoms with E-state index in [9.17, 15) is 14.4 Å². The van der Waals surface area contributed by atoms with E-state index in [1.165, 1.54) is 167 Å². The van der Waals surface area contributed by atoms with Crippen LogP contribution >= 0.6 is 0 Å². The number of hydrogen-bond acceptors (Lipinski definition) is 6. The zero-order valence-corrected chi connectivity index (χ0v) is 43.3. The maximum atomic E-state index is 12.8. The van der Waals surface area contributed by atoms with Gasteiger partial charge in [0.05, 0.1) is 0 Å². The molecule has 0 saturated carbocycles. The first kappa shape index (κ1) is 62.4. The number of carbonyl (C=O) groups is 3. The molecule has 1 atom stereocenters. The molecular weight excluding hydrogens is 805 g/mol. The molecular formula is C59H106O6. The molecule has 0 aromatic rings. The highest BCUT2D eigenvalue weighted by atomic mass is 16.6. The molecule has 65 heavy (non-hydrogen) atoms. The van der Waals surface area contributed by atoms with Crippen LogP contribution in [0.4, 0.5) is 0 Å². The minimum Gasteiger partial charge on any atom is -0.462 e. The Labute approximate surface area is 403 Å². The van der Waals surface area contributed by atoms with Gasteiger partial charge < -0.3 is 14.2 Å². The van der Waals surface area contributed by atoms with Crippen LogP contribution in [0.25, 0.3) is 0 Å². The summed E-state index contributed by atoms with van der Waals surface area (Å²) in [5.41, 5.74) is 0. The van der Waals surface area contributed by atoms with Crippen LogP contribution < -0.4 is 0 Å². The summed E-state index contributed by atoms with van der Waals surface area (Å²) in [6.45, 7) is 6.53. The van der Waals surface area contributed by atoms with Gasteiger partial charge in [0, 0.05) is 19.3 Å². The number of allylic oxidation sites excluding steroid dienone is 8. The summed E-state index contributed by atoms with van der Waals surface area (Å²) in [6.07, 6.45) is 65.3. The van der Waals surface area contributed by atoms with E-state index < -0.39 is 6.10 Å². The third-order valence-electron chi connectivity index (χ3n) is 12.3. The van der Waals surface area contributed by atoms with Gasteiger partial charge in [-0.15, -0.1) is 0 Å². The lowest BCUT2D eigenvalue weighted by Crippen LogP contribution is -2.30. The van der Waals surface area contributed by atoms with E-state index in [0.29, 0.717) is 19.3 Å². The van der Waals surface area contributed by atoms with Gasteiger partial charge in [-0.3, -0.25) is 14.4 Å². The molecule has 0 saturated heterocycles. The molecule has 378 valence electrons. The van der Waals surface area contributed by atoms with Gasteiger partial charge in [0.2, 0.25) is 0 Å². The first-order chi connectivity index (χ1) is 32.0. The molecule has 0 N–H and O–H groups in total. The summed E-state index contributed by atoms with van der Waals surface area (Å²) in [4.78, 5) is 38.1.